The topological polar surface area (TPSA) is 50.7 Å². The minimum Gasteiger partial charge on any atom is -0.496 e. The first-order valence-electron chi connectivity index (χ1n) is 6.84. The van der Waals surface area contributed by atoms with Crippen LogP contribution >= 0.6 is 0 Å². The van der Waals surface area contributed by atoms with Gasteiger partial charge in [-0.3, -0.25) is 4.79 Å². The SMILES string of the molecule is C/C=C1/CC(=O)NC(c2ccccc2OC)=N/C1=C/C=C/F. The van der Waals surface area contributed by atoms with Crippen molar-refractivity contribution in [2.45, 2.75) is 13.3 Å². The number of nitrogens with one attached hydrogen (secondary N) is 1. The molecule has 0 fully saturated rings. The molecule has 5 heteroatoms. The number of hydrogen-bond acceptors (Lipinski definition) is 3. The molecule has 1 aromatic rings. The average Bonchev–Trinajstić information content (AvgIpc) is 2.71. The number of allylic oxidation sites excluding steroid dienone is 4. The number of methoxy groups -OCH3 is 1. The summed E-state index contributed by atoms with van der Waals surface area (Å²) in [5, 5.41) is 2.77. The molecule has 1 heterocycles. The number of nitrogens with zero attached hydrogens (tertiary/aromatic N) is 1. The number of ether oxygens (including phenoxy) is 1. The van der Waals surface area contributed by atoms with Crippen LogP contribution < -0.4 is 10.1 Å². The third-order valence-electron chi connectivity index (χ3n) is 3.21. The molecular formula is C17H17FN2O2. The zero-order chi connectivity index (χ0) is 15.9. The van der Waals surface area contributed by atoms with Crippen molar-refractivity contribution < 1.29 is 13.9 Å². The van der Waals surface area contributed by atoms with Gasteiger partial charge in [-0.2, -0.15) is 0 Å². The van der Waals surface area contributed by atoms with Crippen molar-refractivity contribution in [3.63, 3.8) is 0 Å². The van der Waals surface area contributed by atoms with Crippen molar-refractivity contribution >= 4 is 11.7 Å². The second-order valence-corrected chi connectivity index (χ2v) is 4.57. The van der Waals surface area contributed by atoms with E-state index >= 15 is 0 Å². The second-order valence-electron chi connectivity index (χ2n) is 4.57. The Bertz CT molecular complexity index is 688. The van der Waals surface area contributed by atoms with E-state index < -0.39 is 0 Å². The Morgan fingerprint density at radius 3 is 2.82 bits per heavy atom. The molecule has 4 nitrogen and oxygen atoms in total. The van der Waals surface area contributed by atoms with Crippen LogP contribution in [-0.4, -0.2) is 18.9 Å². The molecule has 1 aromatic carbocycles. The zero-order valence-corrected chi connectivity index (χ0v) is 12.5. The van der Waals surface area contributed by atoms with Gasteiger partial charge in [0.1, 0.15) is 11.6 Å². The van der Waals surface area contributed by atoms with Gasteiger partial charge in [0.05, 0.1) is 31.1 Å². The van der Waals surface area contributed by atoms with Crippen molar-refractivity contribution in [1.29, 1.82) is 0 Å². The minimum atomic E-state index is -0.176. The number of benzene rings is 1. The van der Waals surface area contributed by atoms with Crippen LogP contribution in [0, 0.1) is 0 Å². The summed E-state index contributed by atoms with van der Waals surface area (Å²) >= 11 is 0. The van der Waals surface area contributed by atoms with E-state index in [1.807, 2.05) is 19.1 Å². The number of amidine groups is 1. The number of amides is 1. The second kappa shape index (κ2) is 7.36. The molecule has 2 rings (SSSR count). The smallest absolute Gasteiger partial charge is 0.230 e. The Hall–Kier alpha value is -2.69. The van der Waals surface area contributed by atoms with E-state index in [1.54, 1.807) is 25.3 Å². The van der Waals surface area contributed by atoms with Crippen LogP contribution in [-0.2, 0) is 4.79 Å². The van der Waals surface area contributed by atoms with E-state index in [0.29, 0.717) is 29.2 Å². The van der Waals surface area contributed by atoms with E-state index in [9.17, 15) is 9.18 Å². The summed E-state index contributed by atoms with van der Waals surface area (Å²) in [5.74, 6) is 0.814. The van der Waals surface area contributed by atoms with Crippen LogP contribution in [0.1, 0.15) is 18.9 Å². The summed E-state index contributed by atoms with van der Waals surface area (Å²) < 4.78 is 17.6. The van der Waals surface area contributed by atoms with Gasteiger partial charge in [-0.05, 0) is 36.8 Å². The Morgan fingerprint density at radius 1 is 1.36 bits per heavy atom. The summed E-state index contributed by atoms with van der Waals surface area (Å²) in [4.78, 5) is 16.5. The van der Waals surface area contributed by atoms with Crippen molar-refractivity contribution in [3.8, 4) is 5.75 Å². The van der Waals surface area contributed by atoms with Crippen LogP contribution in [0.2, 0.25) is 0 Å². The van der Waals surface area contributed by atoms with E-state index in [4.69, 9.17) is 4.74 Å². The fourth-order valence-corrected chi connectivity index (χ4v) is 2.15. The summed E-state index contributed by atoms with van der Waals surface area (Å²) in [6.07, 6.45) is 5.19. The summed E-state index contributed by atoms with van der Waals surface area (Å²) in [7, 11) is 1.55. The van der Waals surface area contributed by atoms with E-state index in [-0.39, 0.29) is 12.3 Å². The minimum absolute atomic E-state index is 0.176. The first-order chi connectivity index (χ1) is 10.7. The molecule has 0 atom stereocenters. The quantitative estimate of drug-likeness (QED) is 0.931. The maximum absolute atomic E-state index is 12.3. The number of hydrogen-bond donors (Lipinski definition) is 1. The molecule has 0 radical (unpaired) electrons. The largest absolute Gasteiger partial charge is 0.496 e. The maximum Gasteiger partial charge on any atom is 0.230 e. The van der Waals surface area contributed by atoms with Crippen molar-refractivity contribution in [2.24, 2.45) is 4.99 Å². The molecule has 0 saturated carbocycles. The molecular weight excluding hydrogens is 283 g/mol. The van der Waals surface area contributed by atoms with Crippen LogP contribution in [0.15, 0.2) is 65.1 Å². The van der Waals surface area contributed by atoms with Gasteiger partial charge < -0.3 is 10.1 Å². The molecule has 0 aromatic heterocycles. The van der Waals surface area contributed by atoms with Crippen LogP contribution in [0.3, 0.4) is 0 Å². The lowest BCUT2D eigenvalue weighted by molar-refractivity contribution is -0.118. The van der Waals surface area contributed by atoms with Crippen molar-refractivity contribution in [1.82, 2.24) is 5.32 Å². The maximum atomic E-state index is 12.3. The van der Waals surface area contributed by atoms with E-state index in [0.717, 1.165) is 5.57 Å². The fraction of sp³-hybridized carbons (Fsp3) is 0.176. The van der Waals surface area contributed by atoms with Gasteiger partial charge in [0, 0.05) is 0 Å². The molecule has 1 aliphatic heterocycles. The van der Waals surface area contributed by atoms with Crippen molar-refractivity contribution in [2.75, 3.05) is 7.11 Å². The van der Waals surface area contributed by atoms with Crippen molar-refractivity contribution in [3.05, 3.63) is 65.7 Å². The Morgan fingerprint density at radius 2 is 2.14 bits per heavy atom. The molecule has 0 spiro atoms. The zero-order valence-electron chi connectivity index (χ0n) is 12.5. The van der Waals surface area contributed by atoms with Crippen LogP contribution in [0.25, 0.3) is 0 Å². The van der Waals surface area contributed by atoms with Crippen LogP contribution in [0.4, 0.5) is 4.39 Å². The fourth-order valence-electron chi connectivity index (χ4n) is 2.15. The molecule has 0 aliphatic carbocycles. The van der Waals surface area contributed by atoms with Gasteiger partial charge in [0.2, 0.25) is 5.91 Å². The lowest BCUT2D eigenvalue weighted by Gasteiger charge is -2.10. The summed E-state index contributed by atoms with van der Waals surface area (Å²) in [5.41, 5.74) is 1.95. The molecule has 1 N–H and O–H groups in total. The monoisotopic (exact) mass is 300 g/mol. The number of para-hydroxylation sites is 1. The third-order valence-corrected chi connectivity index (χ3v) is 3.21. The highest BCUT2D eigenvalue weighted by Gasteiger charge is 2.20. The molecule has 1 amide bonds. The predicted octanol–water partition coefficient (Wildman–Crippen LogP) is 3.28. The Balaban J connectivity index is 2.57. The number of aliphatic imine (C=N–C) groups is 1. The van der Waals surface area contributed by atoms with Gasteiger partial charge in [0.15, 0.2) is 0 Å². The molecule has 114 valence electrons. The molecule has 22 heavy (non-hydrogen) atoms. The summed E-state index contributed by atoms with van der Waals surface area (Å²) in [6, 6.07) is 7.26. The molecule has 0 saturated heterocycles. The Labute approximate surface area is 128 Å². The highest BCUT2D eigenvalue weighted by molar-refractivity contribution is 6.11. The third kappa shape index (κ3) is 3.49. The van der Waals surface area contributed by atoms with Gasteiger partial charge in [0.25, 0.3) is 0 Å². The predicted molar refractivity (Wildman–Crippen MR) is 84.4 cm³/mol. The van der Waals surface area contributed by atoms with E-state index in [1.165, 1.54) is 12.2 Å². The Kier molecular flexibility index (Phi) is 5.25. The number of rotatable bonds is 3. The highest BCUT2D eigenvalue weighted by atomic mass is 19.1. The number of carbonyl (C=O) groups is 1. The highest BCUT2D eigenvalue weighted by Crippen LogP contribution is 2.24. The van der Waals surface area contributed by atoms with Gasteiger partial charge in [-0.1, -0.05) is 18.2 Å². The number of carbonyl (C=O) groups excluding carboxylic acids is 1. The molecule has 1 aliphatic rings. The lowest BCUT2D eigenvalue weighted by atomic mass is 10.1. The van der Waals surface area contributed by atoms with Crippen LogP contribution in [0.5, 0.6) is 5.75 Å². The van der Waals surface area contributed by atoms with E-state index in [2.05, 4.69) is 10.3 Å². The normalized spacial score (nSPS) is 19.2. The van der Waals surface area contributed by atoms with Gasteiger partial charge in [-0.25, -0.2) is 9.38 Å². The molecule has 0 bridgehead atoms. The standard InChI is InChI=1S/C17H17FN2O2/c1-3-12-11-16(21)20-17(19-14(12)8-6-10-18)13-7-4-5-9-15(13)22-2/h3-10H,11H2,1-2H3,(H,19,20,21)/b10-6+,12-3-,14-8+. The number of halogens is 1. The summed E-state index contributed by atoms with van der Waals surface area (Å²) in [6.45, 7) is 1.82. The average molecular weight is 300 g/mol. The molecule has 0 unspecified atom stereocenters. The first kappa shape index (κ1) is 15.7. The van der Waals surface area contributed by atoms with Gasteiger partial charge >= 0.3 is 0 Å². The lowest BCUT2D eigenvalue weighted by Crippen LogP contribution is -2.30. The van der Waals surface area contributed by atoms with Gasteiger partial charge in [-0.15, -0.1) is 0 Å². The first-order valence-corrected chi connectivity index (χ1v) is 6.84.